The number of benzene rings is 5. The number of carbonyl (C=O) groups is 7. The maximum Gasteiger partial charge on any atom is 0.408 e. The SMILES string of the molecule is CCC(=O)NCCNC(=O)NC(N)=NCCC[C@@H](NC(=O)C(c1ccccc1)c1cccc(OCCCCNc2c(NCCNC(=O)[C@@H](CCCCNC(=O)OCC3c4ccccc4-c4ccccc43)NC(=O)OC(C)(C)C)c(=O)c2=O)c1)C(=O)NCc1ccc(O)cc1. The Hall–Kier alpha value is -10.5. The number of nitrogens with zero attached hydrogens (tertiary/aromatic N) is 1. The van der Waals surface area contributed by atoms with Gasteiger partial charge in [0.15, 0.2) is 5.96 Å². The van der Waals surface area contributed by atoms with Gasteiger partial charge in [-0.2, -0.15) is 0 Å². The van der Waals surface area contributed by atoms with E-state index in [0.29, 0.717) is 55.5 Å². The third-order valence-electron chi connectivity index (χ3n) is 15.2. The van der Waals surface area contributed by atoms with Gasteiger partial charge < -0.3 is 72.9 Å². The zero-order valence-electron chi connectivity index (χ0n) is 53.5. The number of carbonyl (C=O) groups excluding carboxylic acids is 7. The first-order valence-corrected chi connectivity index (χ1v) is 31.7. The van der Waals surface area contributed by atoms with E-state index in [9.17, 15) is 48.3 Å². The maximum atomic E-state index is 14.5. The monoisotopic (exact) mass is 1290 g/mol. The normalized spacial score (nSPS) is 12.7. The van der Waals surface area contributed by atoms with Gasteiger partial charge in [-0.25, -0.2) is 14.4 Å². The van der Waals surface area contributed by atoms with Crippen LogP contribution >= 0.6 is 0 Å². The van der Waals surface area contributed by atoms with Gasteiger partial charge >= 0.3 is 18.2 Å². The molecule has 1 aliphatic rings. The number of amides is 8. The average Bonchev–Trinajstić information content (AvgIpc) is 1.54. The molecule has 0 heterocycles. The topological polar surface area (TPSA) is 360 Å². The molecule has 25 heteroatoms. The van der Waals surface area contributed by atoms with Crippen LogP contribution in [0, 0.1) is 0 Å². The van der Waals surface area contributed by atoms with Crippen LogP contribution in [0.15, 0.2) is 142 Å². The molecule has 0 fully saturated rings. The Balaban J connectivity index is 0.853. The summed E-state index contributed by atoms with van der Waals surface area (Å²) in [5.74, 6) is -2.13. The van der Waals surface area contributed by atoms with Crippen molar-refractivity contribution in [3.63, 3.8) is 0 Å². The van der Waals surface area contributed by atoms with Gasteiger partial charge in [0, 0.05) is 64.7 Å². The molecule has 0 saturated carbocycles. The van der Waals surface area contributed by atoms with Crippen molar-refractivity contribution in [2.75, 3.05) is 69.7 Å². The summed E-state index contributed by atoms with van der Waals surface area (Å²) >= 11 is 0. The van der Waals surface area contributed by atoms with E-state index in [1.54, 1.807) is 64.1 Å². The predicted molar refractivity (Wildman–Crippen MR) is 358 cm³/mol. The van der Waals surface area contributed by atoms with E-state index in [2.05, 4.69) is 70.3 Å². The number of phenolic OH excluding ortho intramolecular Hbond substituents is 1. The summed E-state index contributed by atoms with van der Waals surface area (Å²) in [5.41, 5.74) is 10.4. The number of guanidine groups is 1. The fourth-order valence-electron chi connectivity index (χ4n) is 10.5. The first kappa shape index (κ1) is 71.0. The van der Waals surface area contributed by atoms with E-state index < -0.39 is 70.4 Å². The Morgan fingerprint density at radius 1 is 0.596 bits per heavy atom. The largest absolute Gasteiger partial charge is 0.508 e. The van der Waals surface area contributed by atoms with E-state index in [1.165, 1.54) is 12.1 Å². The smallest absolute Gasteiger partial charge is 0.408 e. The van der Waals surface area contributed by atoms with Crippen LogP contribution in [0.1, 0.15) is 119 Å². The molecule has 8 amide bonds. The van der Waals surface area contributed by atoms with Gasteiger partial charge in [0.25, 0.3) is 10.9 Å². The minimum Gasteiger partial charge on any atom is -0.508 e. The summed E-state index contributed by atoms with van der Waals surface area (Å²) in [6.45, 7) is 8.64. The van der Waals surface area contributed by atoms with Crippen molar-refractivity contribution in [3.05, 3.63) is 176 Å². The number of aromatic hydroxyl groups is 1. The second kappa shape index (κ2) is 36.0. The van der Waals surface area contributed by atoms with Crippen molar-refractivity contribution in [1.82, 2.24) is 42.5 Å². The van der Waals surface area contributed by atoms with Crippen LogP contribution in [0.4, 0.5) is 25.8 Å². The number of unbranched alkanes of at least 4 members (excludes halogenated alkanes) is 2. The summed E-state index contributed by atoms with van der Waals surface area (Å²) < 4.78 is 17.2. The Bertz CT molecular complexity index is 3580. The van der Waals surface area contributed by atoms with E-state index in [4.69, 9.17) is 19.9 Å². The van der Waals surface area contributed by atoms with Crippen molar-refractivity contribution < 1.29 is 52.9 Å². The highest BCUT2D eigenvalue weighted by Gasteiger charge is 2.31. The molecule has 13 N–H and O–H groups in total. The fourth-order valence-corrected chi connectivity index (χ4v) is 10.5. The minimum atomic E-state index is -1.03. The lowest BCUT2D eigenvalue weighted by Gasteiger charge is -2.23. The first-order valence-electron chi connectivity index (χ1n) is 31.7. The van der Waals surface area contributed by atoms with Crippen LogP contribution in [0.3, 0.4) is 0 Å². The number of phenols is 1. The summed E-state index contributed by atoms with van der Waals surface area (Å²) in [4.78, 5) is 121. The highest BCUT2D eigenvalue weighted by Crippen LogP contribution is 2.44. The van der Waals surface area contributed by atoms with Gasteiger partial charge in [-0.15, -0.1) is 0 Å². The molecule has 6 aromatic carbocycles. The Labute approximate surface area is 546 Å². The van der Waals surface area contributed by atoms with Gasteiger partial charge in [0.05, 0.1) is 12.5 Å². The number of fused-ring (bicyclic) bond motifs is 3. The molecule has 0 bridgehead atoms. The molecule has 6 aromatic rings. The van der Waals surface area contributed by atoms with Crippen LogP contribution in [0.2, 0.25) is 0 Å². The van der Waals surface area contributed by atoms with Crippen molar-refractivity contribution in [1.29, 1.82) is 0 Å². The lowest BCUT2D eigenvalue weighted by atomic mass is 9.90. The number of urea groups is 1. The van der Waals surface area contributed by atoms with Gasteiger partial charge in [-0.1, -0.05) is 110 Å². The number of hydrogen-bond acceptors (Lipinski definition) is 16. The summed E-state index contributed by atoms with van der Waals surface area (Å²) in [6.07, 6.45) is 1.65. The Kier molecular flexibility index (Phi) is 27.2. The van der Waals surface area contributed by atoms with Gasteiger partial charge in [-0.05, 0) is 129 Å². The molecular formula is C69H86N12O13. The molecule has 0 aliphatic heterocycles. The van der Waals surface area contributed by atoms with E-state index in [-0.39, 0.29) is 113 Å². The minimum absolute atomic E-state index is 0.0454. The molecule has 1 aliphatic carbocycles. The number of ether oxygens (including phenoxy) is 3. The van der Waals surface area contributed by atoms with E-state index in [1.807, 2.05) is 66.7 Å². The zero-order chi connectivity index (χ0) is 67.4. The number of nitrogens with one attached hydrogen (secondary N) is 10. The van der Waals surface area contributed by atoms with Gasteiger partial charge in [0.2, 0.25) is 23.6 Å². The van der Waals surface area contributed by atoms with Crippen LogP contribution in [-0.4, -0.2) is 130 Å². The van der Waals surface area contributed by atoms with Crippen LogP contribution in [0.5, 0.6) is 11.5 Å². The van der Waals surface area contributed by atoms with Crippen LogP contribution in [0.25, 0.3) is 11.1 Å². The van der Waals surface area contributed by atoms with Crippen LogP contribution < -0.4 is 74.5 Å². The zero-order valence-corrected chi connectivity index (χ0v) is 53.5. The second-order valence-corrected chi connectivity index (χ2v) is 23.4. The third-order valence-corrected chi connectivity index (χ3v) is 15.2. The number of anilines is 2. The van der Waals surface area contributed by atoms with Crippen molar-refractivity contribution in [3.8, 4) is 22.6 Å². The lowest BCUT2D eigenvalue weighted by molar-refractivity contribution is -0.129. The molecule has 7 rings (SSSR count). The molecular weight excluding hydrogens is 1200 g/mol. The van der Waals surface area contributed by atoms with E-state index in [0.717, 1.165) is 27.8 Å². The second-order valence-electron chi connectivity index (χ2n) is 23.4. The van der Waals surface area contributed by atoms with Gasteiger partial charge in [0.1, 0.15) is 47.2 Å². The average molecular weight is 1290 g/mol. The van der Waals surface area contributed by atoms with Crippen molar-refractivity contribution >= 4 is 59.2 Å². The molecule has 500 valence electrons. The standard InChI is InChI=1S/C69H86N12O13/c1-5-56(83)71-36-39-76-66(89)81-65(70)75-35-18-28-54(63(87)78-42-44-29-31-47(82)32-30-44)79-64(88)57(45-19-7-6-8-20-45)46-21-17-22-48(41-46)92-40-16-15-33-72-58-59(61(85)60(58)84)73-37-38-74-62(86)55(80-68(91)94-69(2,3)4)27-13-14-34-77-67(90)93-43-53-51-25-11-9-23-49(51)50-24-10-12-26-52(50)53/h6-12,17,19-26,29-32,41,53-55,57,72-73,82H,5,13-16,18,27-28,33-40,42-43H2,1-4H3,(H,71,83)(H,74,86)(H,77,90)(H,78,87)(H,79,88)(H,80,91)(H4,70,75,76,81,89)/t54-,55-,57?/m1/s1. The molecule has 94 heavy (non-hydrogen) atoms. The highest BCUT2D eigenvalue weighted by molar-refractivity contribution is 5.95. The number of hydrogen-bond donors (Lipinski definition) is 12. The Morgan fingerprint density at radius 2 is 1.20 bits per heavy atom. The number of rotatable bonds is 35. The predicted octanol–water partition coefficient (Wildman–Crippen LogP) is 6.24. The summed E-state index contributed by atoms with van der Waals surface area (Å²) in [5, 5.41) is 37.5. The van der Waals surface area contributed by atoms with E-state index >= 15 is 0 Å². The first-order chi connectivity index (χ1) is 45.3. The quantitative estimate of drug-likeness (QED) is 0.00906. The molecule has 0 spiro atoms. The number of alkyl carbamates (subject to hydrolysis) is 2. The Morgan fingerprint density at radius 3 is 1.89 bits per heavy atom. The lowest BCUT2D eigenvalue weighted by Crippen LogP contribution is -2.49. The molecule has 0 saturated heterocycles. The maximum absolute atomic E-state index is 14.5. The number of aliphatic imine (C=N–C) groups is 1. The summed E-state index contributed by atoms with van der Waals surface area (Å²) in [7, 11) is 0. The number of nitrogens with two attached hydrogens (primary N) is 1. The van der Waals surface area contributed by atoms with Gasteiger partial charge in [-0.3, -0.25) is 39.1 Å². The molecule has 3 atom stereocenters. The molecule has 25 nitrogen and oxygen atoms in total. The molecule has 0 aromatic heterocycles. The van der Waals surface area contributed by atoms with Crippen molar-refractivity contribution in [2.45, 2.75) is 115 Å². The highest BCUT2D eigenvalue weighted by atomic mass is 16.6. The summed E-state index contributed by atoms with van der Waals surface area (Å²) in [6, 6.07) is 36.0. The molecule has 1 unspecified atom stereocenters. The third kappa shape index (κ3) is 22.1. The fraction of sp³-hybridized carbons (Fsp3) is 0.391. The molecule has 0 radical (unpaired) electrons. The van der Waals surface area contributed by atoms with Crippen LogP contribution in [-0.2, 0) is 35.2 Å². The van der Waals surface area contributed by atoms with Crippen molar-refractivity contribution in [2.24, 2.45) is 10.7 Å².